The van der Waals surface area contributed by atoms with E-state index in [2.05, 4.69) is 9.97 Å². The van der Waals surface area contributed by atoms with Crippen LogP contribution in [-0.2, 0) is 9.84 Å². The van der Waals surface area contributed by atoms with Gasteiger partial charge in [-0.25, -0.2) is 18.4 Å². The number of likely N-dealkylation sites (tertiary alicyclic amines) is 1. The lowest BCUT2D eigenvalue weighted by Crippen LogP contribution is -2.35. The van der Waals surface area contributed by atoms with Crippen molar-refractivity contribution in [3.8, 4) is 0 Å². The number of hydrogen-bond donors (Lipinski definition) is 0. The molecule has 2 aliphatic rings. The quantitative estimate of drug-likeness (QED) is 0.797. The maximum Gasteiger partial charge on any atom is 0.272 e. The van der Waals surface area contributed by atoms with Gasteiger partial charge in [-0.2, -0.15) is 0 Å². The molecule has 0 aromatic carbocycles. The van der Waals surface area contributed by atoms with Crippen molar-refractivity contribution < 1.29 is 13.2 Å². The van der Waals surface area contributed by atoms with Crippen LogP contribution in [0.3, 0.4) is 0 Å². The number of carbonyl (C=O) groups is 1. The second-order valence-corrected chi connectivity index (χ2v) is 8.14. The number of rotatable bonds is 3. The summed E-state index contributed by atoms with van der Waals surface area (Å²) in [5, 5.41) is 0. The Hall–Kier alpha value is -1.70. The van der Waals surface area contributed by atoms with Gasteiger partial charge in [0, 0.05) is 32.4 Å². The van der Waals surface area contributed by atoms with E-state index in [0.717, 1.165) is 25.9 Å². The van der Waals surface area contributed by atoms with Crippen molar-refractivity contribution in [1.29, 1.82) is 0 Å². The van der Waals surface area contributed by atoms with Gasteiger partial charge in [-0.05, 0) is 25.3 Å². The van der Waals surface area contributed by atoms with Crippen LogP contribution in [0.2, 0.25) is 0 Å². The van der Waals surface area contributed by atoms with Crippen LogP contribution in [0.4, 0.5) is 5.95 Å². The molecule has 0 radical (unpaired) electrons. The standard InChI is InChI=1S/C14H20N4O3S/c1-17(11-5-9-22(20,21)10-11)14-15-6-4-12(16-14)13(19)18-7-2-3-8-18/h4,6,11H,2-3,5,7-10H2,1H3. The second kappa shape index (κ2) is 5.83. The average molecular weight is 324 g/mol. The highest BCUT2D eigenvalue weighted by Gasteiger charge is 2.32. The third-order valence-electron chi connectivity index (χ3n) is 4.33. The van der Waals surface area contributed by atoms with E-state index in [1.807, 2.05) is 0 Å². The van der Waals surface area contributed by atoms with Crippen LogP contribution in [0.1, 0.15) is 29.8 Å². The zero-order valence-corrected chi connectivity index (χ0v) is 13.4. The summed E-state index contributed by atoms with van der Waals surface area (Å²) in [6.07, 6.45) is 4.20. The molecule has 0 N–H and O–H groups in total. The smallest absolute Gasteiger partial charge is 0.272 e. The molecule has 2 fully saturated rings. The van der Waals surface area contributed by atoms with Crippen LogP contribution >= 0.6 is 0 Å². The highest BCUT2D eigenvalue weighted by molar-refractivity contribution is 7.91. The molecule has 2 aliphatic heterocycles. The number of sulfone groups is 1. The normalized spacial score (nSPS) is 23.7. The van der Waals surface area contributed by atoms with Gasteiger partial charge in [-0.15, -0.1) is 0 Å². The molecule has 0 saturated carbocycles. The fraction of sp³-hybridized carbons (Fsp3) is 0.643. The van der Waals surface area contributed by atoms with Crippen LogP contribution < -0.4 is 4.90 Å². The molecule has 0 aliphatic carbocycles. The molecule has 0 spiro atoms. The topological polar surface area (TPSA) is 83.5 Å². The van der Waals surface area contributed by atoms with Crippen LogP contribution in [0.15, 0.2) is 12.3 Å². The van der Waals surface area contributed by atoms with Gasteiger partial charge in [0.15, 0.2) is 9.84 Å². The highest BCUT2D eigenvalue weighted by Crippen LogP contribution is 2.20. The molecule has 8 heteroatoms. The molecule has 2 saturated heterocycles. The van der Waals surface area contributed by atoms with Crippen molar-refractivity contribution in [2.24, 2.45) is 0 Å². The molecule has 22 heavy (non-hydrogen) atoms. The zero-order chi connectivity index (χ0) is 15.7. The minimum Gasteiger partial charge on any atom is -0.340 e. The SMILES string of the molecule is CN(c1nccc(C(=O)N2CCCC2)n1)C1CCS(=O)(=O)C1. The summed E-state index contributed by atoms with van der Waals surface area (Å²) in [7, 11) is -1.18. The van der Waals surface area contributed by atoms with E-state index in [1.165, 1.54) is 0 Å². The molecule has 120 valence electrons. The Labute approximate surface area is 130 Å². The number of amides is 1. The first-order valence-electron chi connectivity index (χ1n) is 7.52. The minimum absolute atomic E-state index is 0.0754. The lowest BCUT2D eigenvalue weighted by molar-refractivity contribution is 0.0787. The van der Waals surface area contributed by atoms with Gasteiger partial charge >= 0.3 is 0 Å². The van der Waals surface area contributed by atoms with E-state index in [4.69, 9.17) is 0 Å². The molecule has 3 heterocycles. The van der Waals surface area contributed by atoms with Crippen molar-refractivity contribution >= 4 is 21.7 Å². The van der Waals surface area contributed by atoms with E-state index in [1.54, 1.807) is 29.1 Å². The van der Waals surface area contributed by atoms with E-state index in [-0.39, 0.29) is 23.5 Å². The Morgan fingerprint density at radius 1 is 1.36 bits per heavy atom. The van der Waals surface area contributed by atoms with Gasteiger partial charge in [-0.3, -0.25) is 4.79 Å². The first-order valence-corrected chi connectivity index (χ1v) is 9.34. The lowest BCUT2D eigenvalue weighted by atomic mass is 10.2. The van der Waals surface area contributed by atoms with E-state index in [0.29, 0.717) is 18.1 Å². The maximum absolute atomic E-state index is 12.4. The Bertz CT molecular complexity index is 670. The summed E-state index contributed by atoms with van der Waals surface area (Å²) in [4.78, 5) is 24.5. The van der Waals surface area contributed by atoms with E-state index >= 15 is 0 Å². The number of aromatic nitrogens is 2. The van der Waals surface area contributed by atoms with Gasteiger partial charge in [0.05, 0.1) is 11.5 Å². The Morgan fingerprint density at radius 3 is 2.73 bits per heavy atom. The van der Waals surface area contributed by atoms with Crippen molar-refractivity contribution in [1.82, 2.24) is 14.9 Å². The number of anilines is 1. The molecule has 1 amide bonds. The fourth-order valence-electron chi connectivity index (χ4n) is 2.96. The predicted molar refractivity (Wildman–Crippen MR) is 82.6 cm³/mol. The van der Waals surface area contributed by atoms with Crippen molar-refractivity contribution in [3.63, 3.8) is 0 Å². The Balaban J connectivity index is 1.77. The molecular formula is C14H20N4O3S. The average Bonchev–Trinajstić information content (AvgIpc) is 3.15. The lowest BCUT2D eigenvalue weighted by Gasteiger charge is -2.23. The first kappa shape index (κ1) is 15.2. The number of hydrogen-bond acceptors (Lipinski definition) is 6. The maximum atomic E-state index is 12.4. The molecular weight excluding hydrogens is 304 g/mol. The predicted octanol–water partition coefficient (Wildman–Crippen LogP) is 0.336. The van der Waals surface area contributed by atoms with Crippen molar-refractivity contribution in [2.45, 2.75) is 25.3 Å². The van der Waals surface area contributed by atoms with Crippen LogP contribution in [0, 0.1) is 0 Å². The monoisotopic (exact) mass is 324 g/mol. The molecule has 0 bridgehead atoms. The molecule has 1 aromatic rings. The molecule has 7 nitrogen and oxygen atoms in total. The summed E-state index contributed by atoms with van der Waals surface area (Å²) in [6, 6.07) is 1.49. The van der Waals surface area contributed by atoms with Gasteiger partial charge in [0.25, 0.3) is 5.91 Å². The minimum atomic E-state index is -2.96. The third kappa shape index (κ3) is 3.06. The summed E-state index contributed by atoms with van der Waals surface area (Å²) < 4.78 is 23.2. The van der Waals surface area contributed by atoms with Crippen molar-refractivity contribution in [3.05, 3.63) is 18.0 Å². The largest absolute Gasteiger partial charge is 0.340 e. The summed E-state index contributed by atoms with van der Waals surface area (Å²) in [6.45, 7) is 1.55. The highest BCUT2D eigenvalue weighted by atomic mass is 32.2. The number of carbonyl (C=O) groups excluding carboxylic acids is 1. The summed E-state index contributed by atoms with van der Waals surface area (Å²) in [5.41, 5.74) is 0.375. The molecule has 1 unspecified atom stereocenters. The second-order valence-electron chi connectivity index (χ2n) is 5.91. The number of nitrogens with zero attached hydrogens (tertiary/aromatic N) is 4. The Kier molecular flexibility index (Phi) is 4.03. The Morgan fingerprint density at radius 2 is 2.09 bits per heavy atom. The van der Waals surface area contributed by atoms with Gasteiger partial charge in [0.1, 0.15) is 5.69 Å². The van der Waals surface area contributed by atoms with E-state index in [9.17, 15) is 13.2 Å². The van der Waals surface area contributed by atoms with Gasteiger partial charge < -0.3 is 9.80 Å². The third-order valence-corrected chi connectivity index (χ3v) is 6.08. The summed E-state index contributed by atoms with van der Waals surface area (Å²) >= 11 is 0. The van der Waals surface area contributed by atoms with Gasteiger partial charge in [-0.1, -0.05) is 0 Å². The zero-order valence-electron chi connectivity index (χ0n) is 12.6. The first-order chi connectivity index (χ1) is 10.5. The van der Waals surface area contributed by atoms with E-state index < -0.39 is 9.84 Å². The molecule has 1 atom stereocenters. The summed E-state index contributed by atoms with van der Waals surface area (Å²) in [5.74, 6) is 0.659. The van der Waals surface area contributed by atoms with Crippen LogP contribution in [0.25, 0.3) is 0 Å². The van der Waals surface area contributed by atoms with Crippen molar-refractivity contribution in [2.75, 3.05) is 36.5 Å². The molecule has 3 rings (SSSR count). The molecule has 1 aromatic heterocycles. The van der Waals surface area contributed by atoms with Gasteiger partial charge in [0.2, 0.25) is 5.95 Å². The van der Waals surface area contributed by atoms with Crippen LogP contribution in [0.5, 0.6) is 0 Å². The van der Waals surface area contributed by atoms with Crippen LogP contribution in [-0.4, -0.2) is 66.9 Å². The fourth-order valence-corrected chi connectivity index (χ4v) is 4.74.